The van der Waals surface area contributed by atoms with Crippen molar-refractivity contribution in [3.63, 3.8) is 0 Å². The Hall–Kier alpha value is -1.62. The summed E-state index contributed by atoms with van der Waals surface area (Å²) in [7, 11) is 3.43. The van der Waals surface area contributed by atoms with Gasteiger partial charge < -0.3 is 16.0 Å². The van der Waals surface area contributed by atoms with Crippen LogP contribution in [0.15, 0.2) is 24.3 Å². The summed E-state index contributed by atoms with van der Waals surface area (Å²) in [6, 6.07) is 7.48. The standard InChI is InChI=1S/C11H15N3OS/c1-13-10(15)7-14(2)9-6-4-3-5-8(9)11(12)16/h3-6H,7H2,1-2H3,(H2,12,16)(H,13,15). The number of rotatable bonds is 4. The van der Waals surface area contributed by atoms with Gasteiger partial charge in [0.2, 0.25) is 5.91 Å². The van der Waals surface area contributed by atoms with Crippen LogP contribution in [0, 0.1) is 0 Å². The minimum Gasteiger partial charge on any atom is -0.389 e. The molecular formula is C11H15N3OS. The first-order chi connectivity index (χ1) is 7.56. The van der Waals surface area contributed by atoms with E-state index in [1.54, 1.807) is 7.05 Å². The van der Waals surface area contributed by atoms with Gasteiger partial charge in [0.1, 0.15) is 4.99 Å². The van der Waals surface area contributed by atoms with Crippen LogP contribution in [-0.4, -0.2) is 31.5 Å². The van der Waals surface area contributed by atoms with E-state index >= 15 is 0 Å². The molecule has 0 atom stereocenters. The van der Waals surface area contributed by atoms with Crippen LogP contribution in [0.25, 0.3) is 0 Å². The molecule has 86 valence electrons. The first-order valence-electron chi connectivity index (χ1n) is 4.86. The molecule has 0 fully saturated rings. The molecule has 0 aliphatic heterocycles. The van der Waals surface area contributed by atoms with Crippen LogP contribution in [0.4, 0.5) is 5.69 Å². The summed E-state index contributed by atoms with van der Waals surface area (Å²) < 4.78 is 0. The molecule has 0 aliphatic carbocycles. The molecule has 0 spiro atoms. The third-order valence-electron chi connectivity index (χ3n) is 2.24. The molecule has 5 heteroatoms. The van der Waals surface area contributed by atoms with Crippen LogP contribution >= 0.6 is 12.2 Å². The lowest BCUT2D eigenvalue weighted by Crippen LogP contribution is -2.34. The van der Waals surface area contributed by atoms with E-state index in [4.69, 9.17) is 18.0 Å². The topological polar surface area (TPSA) is 58.4 Å². The van der Waals surface area contributed by atoms with Crippen molar-refractivity contribution in [2.24, 2.45) is 5.73 Å². The maximum Gasteiger partial charge on any atom is 0.239 e. The average Bonchev–Trinajstić information content (AvgIpc) is 2.28. The van der Waals surface area contributed by atoms with Crippen molar-refractivity contribution >= 4 is 28.8 Å². The van der Waals surface area contributed by atoms with Crippen molar-refractivity contribution in [1.29, 1.82) is 0 Å². The predicted molar refractivity (Wildman–Crippen MR) is 69.7 cm³/mol. The summed E-state index contributed by atoms with van der Waals surface area (Å²) in [5.74, 6) is -0.0553. The fourth-order valence-corrected chi connectivity index (χ4v) is 1.57. The summed E-state index contributed by atoms with van der Waals surface area (Å²) in [6.45, 7) is 0.274. The summed E-state index contributed by atoms with van der Waals surface area (Å²) in [4.78, 5) is 13.4. The number of nitrogens with one attached hydrogen (secondary N) is 1. The van der Waals surface area contributed by atoms with E-state index in [9.17, 15) is 4.79 Å². The molecule has 0 aromatic heterocycles. The van der Waals surface area contributed by atoms with Crippen LogP contribution in [-0.2, 0) is 4.79 Å². The number of hydrogen-bond donors (Lipinski definition) is 2. The number of amides is 1. The molecular weight excluding hydrogens is 222 g/mol. The number of carbonyl (C=O) groups excluding carboxylic acids is 1. The molecule has 0 radical (unpaired) electrons. The van der Waals surface area contributed by atoms with E-state index in [1.807, 2.05) is 36.2 Å². The fraction of sp³-hybridized carbons (Fsp3) is 0.273. The van der Waals surface area contributed by atoms with Crippen molar-refractivity contribution in [3.8, 4) is 0 Å². The number of para-hydroxylation sites is 1. The van der Waals surface area contributed by atoms with E-state index in [0.717, 1.165) is 11.3 Å². The molecule has 16 heavy (non-hydrogen) atoms. The third-order valence-corrected chi connectivity index (χ3v) is 2.46. The molecule has 3 N–H and O–H groups in total. The number of hydrogen-bond acceptors (Lipinski definition) is 3. The van der Waals surface area contributed by atoms with Gasteiger partial charge in [0.25, 0.3) is 0 Å². The van der Waals surface area contributed by atoms with Gasteiger partial charge in [-0.2, -0.15) is 0 Å². The van der Waals surface area contributed by atoms with Crippen molar-refractivity contribution in [3.05, 3.63) is 29.8 Å². The zero-order chi connectivity index (χ0) is 12.1. The number of carbonyl (C=O) groups is 1. The Morgan fingerprint density at radius 1 is 1.50 bits per heavy atom. The Morgan fingerprint density at radius 3 is 2.69 bits per heavy atom. The quantitative estimate of drug-likeness (QED) is 0.749. The minimum absolute atomic E-state index is 0.0553. The second-order valence-corrected chi connectivity index (χ2v) is 3.85. The monoisotopic (exact) mass is 237 g/mol. The van der Waals surface area contributed by atoms with Crippen LogP contribution in [0.2, 0.25) is 0 Å². The van der Waals surface area contributed by atoms with Crippen molar-refractivity contribution in [2.75, 3.05) is 25.5 Å². The highest BCUT2D eigenvalue weighted by Crippen LogP contribution is 2.18. The Kier molecular flexibility index (Phi) is 4.25. The first kappa shape index (κ1) is 12.4. The zero-order valence-corrected chi connectivity index (χ0v) is 10.2. The lowest BCUT2D eigenvalue weighted by Gasteiger charge is -2.21. The summed E-state index contributed by atoms with van der Waals surface area (Å²) in [5.41, 5.74) is 7.26. The summed E-state index contributed by atoms with van der Waals surface area (Å²) in [6.07, 6.45) is 0. The molecule has 1 aromatic rings. The predicted octanol–water partition coefficient (Wildman–Crippen LogP) is 0.503. The molecule has 1 rings (SSSR count). The second kappa shape index (κ2) is 5.46. The maximum atomic E-state index is 11.3. The van der Waals surface area contributed by atoms with Crippen LogP contribution in [0.5, 0.6) is 0 Å². The summed E-state index contributed by atoms with van der Waals surface area (Å²) in [5, 5.41) is 2.57. The highest BCUT2D eigenvalue weighted by molar-refractivity contribution is 7.80. The molecule has 0 unspecified atom stereocenters. The van der Waals surface area contributed by atoms with Gasteiger partial charge in [-0.25, -0.2) is 0 Å². The molecule has 0 saturated heterocycles. The Bertz CT molecular complexity index is 406. The largest absolute Gasteiger partial charge is 0.389 e. The van der Waals surface area contributed by atoms with Gasteiger partial charge in [0.05, 0.1) is 6.54 Å². The zero-order valence-electron chi connectivity index (χ0n) is 9.36. The fourth-order valence-electron chi connectivity index (χ4n) is 1.39. The van der Waals surface area contributed by atoms with Gasteiger partial charge in [-0.1, -0.05) is 24.4 Å². The van der Waals surface area contributed by atoms with E-state index in [1.165, 1.54) is 0 Å². The van der Waals surface area contributed by atoms with E-state index in [0.29, 0.717) is 4.99 Å². The highest BCUT2D eigenvalue weighted by Gasteiger charge is 2.10. The normalized spacial score (nSPS) is 9.62. The Labute approximate surface area is 100 Å². The van der Waals surface area contributed by atoms with Crippen molar-refractivity contribution in [1.82, 2.24) is 5.32 Å². The van der Waals surface area contributed by atoms with Crippen LogP contribution in [0.3, 0.4) is 0 Å². The van der Waals surface area contributed by atoms with Gasteiger partial charge in [0.15, 0.2) is 0 Å². The number of benzene rings is 1. The molecule has 1 amide bonds. The molecule has 0 bridgehead atoms. The molecule has 0 aliphatic rings. The van der Waals surface area contributed by atoms with Gasteiger partial charge in [-0.3, -0.25) is 4.79 Å². The molecule has 1 aromatic carbocycles. The molecule has 4 nitrogen and oxygen atoms in total. The Morgan fingerprint density at radius 2 is 2.12 bits per heavy atom. The lowest BCUT2D eigenvalue weighted by atomic mass is 10.1. The molecule has 0 heterocycles. The number of nitrogens with zero attached hydrogens (tertiary/aromatic N) is 1. The number of thiocarbonyl (C=S) groups is 1. The van der Waals surface area contributed by atoms with Gasteiger partial charge in [-0.15, -0.1) is 0 Å². The van der Waals surface area contributed by atoms with Crippen molar-refractivity contribution < 1.29 is 4.79 Å². The van der Waals surface area contributed by atoms with E-state index in [-0.39, 0.29) is 12.5 Å². The summed E-state index contributed by atoms with van der Waals surface area (Å²) >= 11 is 4.96. The maximum absolute atomic E-state index is 11.3. The SMILES string of the molecule is CNC(=O)CN(C)c1ccccc1C(N)=S. The highest BCUT2D eigenvalue weighted by atomic mass is 32.1. The van der Waals surface area contributed by atoms with Gasteiger partial charge >= 0.3 is 0 Å². The van der Waals surface area contributed by atoms with E-state index < -0.39 is 0 Å². The van der Waals surface area contributed by atoms with Gasteiger partial charge in [0, 0.05) is 25.3 Å². The number of anilines is 1. The Balaban J connectivity index is 2.94. The first-order valence-corrected chi connectivity index (χ1v) is 5.27. The second-order valence-electron chi connectivity index (χ2n) is 3.41. The number of nitrogens with two attached hydrogens (primary N) is 1. The van der Waals surface area contributed by atoms with E-state index in [2.05, 4.69) is 5.32 Å². The smallest absolute Gasteiger partial charge is 0.239 e. The van der Waals surface area contributed by atoms with Crippen LogP contribution < -0.4 is 16.0 Å². The van der Waals surface area contributed by atoms with Crippen molar-refractivity contribution in [2.45, 2.75) is 0 Å². The minimum atomic E-state index is -0.0553. The lowest BCUT2D eigenvalue weighted by molar-refractivity contribution is -0.119. The third kappa shape index (κ3) is 2.93. The van der Waals surface area contributed by atoms with Gasteiger partial charge in [-0.05, 0) is 12.1 Å². The molecule has 0 saturated carbocycles. The van der Waals surface area contributed by atoms with Crippen LogP contribution in [0.1, 0.15) is 5.56 Å². The average molecular weight is 237 g/mol. The number of likely N-dealkylation sites (N-methyl/N-ethyl adjacent to an activating group) is 2.